The van der Waals surface area contributed by atoms with Gasteiger partial charge in [-0.3, -0.25) is 9.80 Å². The number of aryl methyl sites for hydroxylation is 1. The van der Waals surface area contributed by atoms with E-state index in [0.29, 0.717) is 0 Å². The Bertz CT molecular complexity index is 543. The third-order valence-corrected chi connectivity index (χ3v) is 4.56. The number of nitrogens with zero attached hydrogens (tertiary/aromatic N) is 3. The molecule has 2 unspecified atom stereocenters. The maximum atomic E-state index is 8.98. The summed E-state index contributed by atoms with van der Waals surface area (Å²) in [6.07, 6.45) is 1.30. The molecule has 0 aromatic heterocycles. The lowest BCUT2D eigenvalue weighted by atomic mass is 10.1. The summed E-state index contributed by atoms with van der Waals surface area (Å²) in [5.74, 6) is 1.06. The van der Waals surface area contributed by atoms with Crippen molar-refractivity contribution in [3.05, 3.63) is 29.3 Å². The van der Waals surface area contributed by atoms with E-state index in [2.05, 4.69) is 41.0 Å². The van der Waals surface area contributed by atoms with Crippen LogP contribution in [0.1, 0.15) is 18.1 Å². The van der Waals surface area contributed by atoms with Crippen LogP contribution in [0.2, 0.25) is 0 Å². The quantitative estimate of drug-likeness (QED) is 0.849. The molecule has 1 aromatic carbocycles. The van der Waals surface area contributed by atoms with Crippen molar-refractivity contribution in [2.75, 3.05) is 32.7 Å². The highest BCUT2D eigenvalue weighted by molar-refractivity contribution is 5.40. The van der Waals surface area contributed by atoms with Crippen LogP contribution in [0.15, 0.2) is 18.2 Å². The summed E-state index contributed by atoms with van der Waals surface area (Å²) in [6, 6.07) is 8.80. The third kappa shape index (κ3) is 3.20. The molecular weight excluding hydrogens is 262 g/mol. The monoisotopic (exact) mass is 285 g/mol. The largest absolute Gasteiger partial charge is 0.488 e. The summed E-state index contributed by atoms with van der Waals surface area (Å²) in [6.45, 7) is 9.11. The van der Waals surface area contributed by atoms with Crippen LogP contribution in [0.25, 0.3) is 0 Å². The molecule has 21 heavy (non-hydrogen) atoms. The molecule has 1 saturated heterocycles. The van der Waals surface area contributed by atoms with E-state index in [0.717, 1.165) is 44.9 Å². The van der Waals surface area contributed by atoms with Gasteiger partial charge in [0, 0.05) is 39.1 Å². The molecular formula is C17H23N3O. The zero-order valence-corrected chi connectivity index (χ0v) is 12.9. The van der Waals surface area contributed by atoms with Gasteiger partial charge in [0.05, 0.1) is 12.1 Å². The van der Waals surface area contributed by atoms with Gasteiger partial charge in [0.15, 0.2) is 0 Å². The van der Waals surface area contributed by atoms with Crippen LogP contribution in [0, 0.1) is 18.3 Å². The molecule has 2 heterocycles. The van der Waals surface area contributed by atoms with Crippen LogP contribution in [0.3, 0.4) is 0 Å². The number of nitriles is 1. The van der Waals surface area contributed by atoms with Gasteiger partial charge in [-0.1, -0.05) is 17.7 Å². The van der Waals surface area contributed by atoms with Crippen LogP contribution < -0.4 is 4.74 Å². The van der Waals surface area contributed by atoms with Crippen molar-refractivity contribution in [2.24, 2.45) is 0 Å². The second-order valence-corrected chi connectivity index (χ2v) is 6.20. The SMILES string of the molecule is Cc1ccc2c(c1)CC(CN1CCN(C(C)C#N)CC1)O2. The highest BCUT2D eigenvalue weighted by atomic mass is 16.5. The van der Waals surface area contributed by atoms with Gasteiger partial charge in [0.25, 0.3) is 0 Å². The minimum atomic E-state index is 0.0297. The first-order chi connectivity index (χ1) is 10.2. The van der Waals surface area contributed by atoms with Crippen LogP contribution in [-0.4, -0.2) is 54.7 Å². The number of hydrogen-bond acceptors (Lipinski definition) is 4. The molecule has 0 radical (unpaired) electrons. The standard InChI is InChI=1S/C17H23N3O/c1-13-3-4-17-15(9-13)10-16(21-17)12-19-5-7-20(8-6-19)14(2)11-18/h3-4,9,14,16H,5-8,10,12H2,1-2H3. The molecule has 0 saturated carbocycles. The molecule has 0 bridgehead atoms. The van der Waals surface area contributed by atoms with Gasteiger partial charge in [0.1, 0.15) is 11.9 Å². The fourth-order valence-corrected chi connectivity index (χ4v) is 3.25. The van der Waals surface area contributed by atoms with Gasteiger partial charge in [0.2, 0.25) is 0 Å². The van der Waals surface area contributed by atoms with Crippen LogP contribution in [-0.2, 0) is 6.42 Å². The van der Waals surface area contributed by atoms with Gasteiger partial charge in [-0.25, -0.2) is 0 Å². The summed E-state index contributed by atoms with van der Waals surface area (Å²) in [5.41, 5.74) is 2.65. The first-order valence-electron chi connectivity index (χ1n) is 7.78. The Morgan fingerprint density at radius 3 is 2.81 bits per heavy atom. The zero-order chi connectivity index (χ0) is 14.8. The molecule has 2 aliphatic heterocycles. The second kappa shape index (κ2) is 6.05. The molecule has 0 spiro atoms. The Morgan fingerprint density at radius 1 is 1.33 bits per heavy atom. The van der Waals surface area contributed by atoms with Gasteiger partial charge in [-0.2, -0.15) is 5.26 Å². The average molecular weight is 285 g/mol. The maximum absolute atomic E-state index is 8.98. The number of piperazine rings is 1. The Hall–Kier alpha value is -1.57. The predicted octanol–water partition coefficient (Wildman–Crippen LogP) is 1.83. The van der Waals surface area contributed by atoms with E-state index in [-0.39, 0.29) is 12.1 Å². The van der Waals surface area contributed by atoms with Gasteiger partial charge in [-0.05, 0) is 25.5 Å². The van der Waals surface area contributed by atoms with E-state index in [4.69, 9.17) is 10.00 Å². The average Bonchev–Trinajstić information content (AvgIpc) is 2.88. The van der Waals surface area contributed by atoms with Gasteiger partial charge >= 0.3 is 0 Å². The maximum Gasteiger partial charge on any atom is 0.123 e. The predicted molar refractivity (Wildman–Crippen MR) is 82.4 cm³/mol. The molecule has 0 aliphatic carbocycles. The molecule has 4 nitrogen and oxygen atoms in total. The second-order valence-electron chi connectivity index (χ2n) is 6.20. The van der Waals surface area contributed by atoms with Crippen molar-refractivity contribution in [3.8, 4) is 11.8 Å². The molecule has 4 heteroatoms. The molecule has 112 valence electrons. The normalized spacial score (nSPS) is 24.1. The fraction of sp³-hybridized carbons (Fsp3) is 0.588. The van der Waals surface area contributed by atoms with Gasteiger partial charge in [-0.15, -0.1) is 0 Å². The van der Waals surface area contributed by atoms with E-state index in [1.807, 2.05) is 6.92 Å². The van der Waals surface area contributed by atoms with Crippen molar-refractivity contribution >= 4 is 0 Å². The summed E-state index contributed by atoms with van der Waals surface area (Å²) in [5, 5.41) is 8.98. The van der Waals surface area contributed by atoms with E-state index in [1.54, 1.807) is 0 Å². The lowest BCUT2D eigenvalue weighted by Gasteiger charge is -2.36. The van der Waals surface area contributed by atoms with Crippen LogP contribution >= 0.6 is 0 Å². The van der Waals surface area contributed by atoms with Crippen LogP contribution in [0.5, 0.6) is 5.75 Å². The highest BCUT2D eigenvalue weighted by Crippen LogP contribution is 2.29. The summed E-state index contributed by atoms with van der Waals surface area (Å²) < 4.78 is 6.05. The first kappa shape index (κ1) is 14.4. The molecule has 0 amide bonds. The summed E-state index contributed by atoms with van der Waals surface area (Å²) >= 11 is 0. The molecule has 1 aromatic rings. The Labute approximate surface area is 126 Å². The molecule has 2 aliphatic rings. The first-order valence-corrected chi connectivity index (χ1v) is 7.78. The Balaban J connectivity index is 1.51. The van der Waals surface area contributed by atoms with Crippen molar-refractivity contribution in [2.45, 2.75) is 32.4 Å². The summed E-state index contributed by atoms with van der Waals surface area (Å²) in [7, 11) is 0. The Morgan fingerprint density at radius 2 is 2.10 bits per heavy atom. The van der Waals surface area contributed by atoms with Crippen molar-refractivity contribution in [1.82, 2.24) is 9.80 Å². The number of hydrogen-bond donors (Lipinski definition) is 0. The molecule has 1 fully saturated rings. The number of rotatable bonds is 3. The lowest BCUT2D eigenvalue weighted by molar-refractivity contribution is 0.0846. The number of fused-ring (bicyclic) bond motifs is 1. The minimum Gasteiger partial charge on any atom is -0.488 e. The highest BCUT2D eigenvalue weighted by Gasteiger charge is 2.27. The molecule has 0 N–H and O–H groups in total. The van der Waals surface area contributed by atoms with E-state index in [1.165, 1.54) is 11.1 Å². The lowest BCUT2D eigenvalue weighted by Crippen LogP contribution is -2.51. The van der Waals surface area contributed by atoms with Crippen molar-refractivity contribution in [3.63, 3.8) is 0 Å². The number of ether oxygens (including phenoxy) is 1. The Kier molecular flexibility index (Phi) is 4.14. The molecule has 2 atom stereocenters. The van der Waals surface area contributed by atoms with E-state index in [9.17, 15) is 0 Å². The van der Waals surface area contributed by atoms with E-state index < -0.39 is 0 Å². The van der Waals surface area contributed by atoms with Crippen molar-refractivity contribution < 1.29 is 4.74 Å². The van der Waals surface area contributed by atoms with Crippen LogP contribution in [0.4, 0.5) is 0 Å². The smallest absolute Gasteiger partial charge is 0.123 e. The van der Waals surface area contributed by atoms with Crippen molar-refractivity contribution in [1.29, 1.82) is 5.26 Å². The molecule has 3 rings (SSSR count). The van der Waals surface area contributed by atoms with E-state index >= 15 is 0 Å². The fourth-order valence-electron chi connectivity index (χ4n) is 3.25. The zero-order valence-electron chi connectivity index (χ0n) is 12.9. The van der Waals surface area contributed by atoms with Gasteiger partial charge < -0.3 is 4.74 Å². The minimum absolute atomic E-state index is 0.0297. The third-order valence-electron chi connectivity index (χ3n) is 4.56. The number of benzene rings is 1. The topological polar surface area (TPSA) is 39.5 Å². The summed E-state index contributed by atoms with van der Waals surface area (Å²) in [4.78, 5) is 4.72.